The van der Waals surface area contributed by atoms with Crippen LogP contribution >= 0.6 is 0 Å². The predicted octanol–water partition coefficient (Wildman–Crippen LogP) is 2.76. The third-order valence-corrected chi connectivity index (χ3v) is 3.92. The van der Waals surface area contributed by atoms with E-state index in [9.17, 15) is 9.59 Å². The van der Waals surface area contributed by atoms with Crippen LogP contribution in [-0.2, 0) is 4.79 Å². The molecule has 5 heteroatoms. The summed E-state index contributed by atoms with van der Waals surface area (Å²) in [6.07, 6.45) is 6.37. The number of nitrogens with one attached hydrogen (secondary N) is 2. The van der Waals surface area contributed by atoms with Gasteiger partial charge in [-0.15, -0.1) is 0 Å². The average Bonchev–Trinajstić information content (AvgIpc) is 3.19. The second-order valence-corrected chi connectivity index (χ2v) is 6.01. The van der Waals surface area contributed by atoms with Crippen LogP contribution in [0.15, 0.2) is 0 Å². The van der Waals surface area contributed by atoms with Crippen LogP contribution in [0, 0.1) is 11.8 Å². The number of amides is 2. The fourth-order valence-corrected chi connectivity index (χ4v) is 2.27. The Hall–Kier alpha value is -1.26. The van der Waals surface area contributed by atoms with Gasteiger partial charge in [-0.05, 0) is 37.5 Å². The number of carbonyl (C=O) groups is 2. The molecular weight excluding hydrogens is 256 g/mol. The zero-order valence-electron chi connectivity index (χ0n) is 12.7. The van der Waals surface area contributed by atoms with Gasteiger partial charge in [-0.3, -0.25) is 4.79 Å². The number of rotatable bonds is 10. The molecule has 0 aromatic carbocycles. The van der Waals surface area contributed by atoms with Crippen LogP contribution in [0.3, 0.4) is 0 Å². The van der Waals surface area contributed by atoms with Crippen molar-refractivity contribution in [3.05, 3.63) is 0 Å². The molecule has 1 fully saturated rings. The first-order chi connectivity index (χ1) is 9.51. The monoisotopic (exact) mass is 284 g/mol. The Bertz CT molecular complexity index is 316. The molecule has 1 saturated carbocycles. The van der Waals surface area contributed by atoms with Crippen LogP contribution in [0.4, 0.5) is 4.79 Å². The summed E-state index contributed by atoms with van der Waals surface area (Å²) < 4.78 is 0. The van der Waals surface area contributed by atoms with Gasteiger partial charge in [0.1, 0.15) is 0 Å². The Morgan fingerprint density at radius 1 is 1.30 bits per heavy atom. The number of aliphatic carboxylic acids is 1. The maximum atomic E-state index is 11.7. The fraction of sp³-hybridized carbons (Fsp3) is 0.867. The first-order valence-electron chi connectivity index (χ1n) is 7.77. The standard InChI is InChI=1S/C15H28N2O3/c1-3-13(10-12-5-6-12)17-15(20)16-9-8-11(2)4-7-14(18)19/h11-13H,3-10H2,1-2H3,(H,18,19)(H2,16,17,20). The third kappa shape index (κ3) is 8.02. The lowest BCUT2D eigenvalue weighted by atomic mass is 10.0. The van der Waals surface area contributed by atoms with Crippen molar-refractivity contribution in [2.24, 2.45) is 11.8 Å². The zero-order chi connectivity index (χ0) is 15.0. The molecule has 0 saturated heterocycles. The molecule has 0 heterocycles. The molecule has 3 N–H and O–H groups in total. The fourth-order valence-electron chi connectivity index (χ4n) is 2.27. The molecule has 1 rings (SSSR count). The van der Waals surface area contributed by atoms with Gasteiger partial charge in [0.15, 0.2) is 0 Å². The zero-order valence-corrected chi connectivity index (χ0v) is 12.7. The van der Waals surface area contributed by atoms with Gasteiger partial charge in [0.25, 0.3) is 0 Å². The predicted molar refractivity (Wildman–Crippen MR) is 78.6 cm³/mol. The van der Waals surface area contributed by atoms with Gasteiger partial charge in [-0.25, -0.2) is 4.79 Å². The number of hydrogen-bond acceptors (Lipinski definition) is 2. The maximum Gasteiger partial charge on any atom is 0.315 e. The van der Waals surface area contributed by atoms with Crippen LogP contribution in [0.5, 0.6) is 0 Å². The van der Waals surface area contributed by atoms with Gasteiger partial charge < -0.3 is 15.7 Å². The number of hydrogen-bond donors (Lipinski definition) is 3. The highest BCUT2D eigenvalue weighted by atomic mass is 16.4. The largest absolute Gasteiger partial charge is 0.481 e. The lowest BCUT2D eigenvalue weighted by Crippen LogP contribution is -2.42. The van der Waals surface area contributed by atoms with E-state index in [1.165, 1.54) is 12.8 Å². The lowest BCUT2D eigenvalue weighted by Gasteiger charge is -2.17. The Labute approximate surface area is 121 Å². The van der Waals surface area contributed by atoms with Gasteiger partial charge in [-0.2, -0.15) is 0 Å². The van der Waals surface area contributed by atoms with Crippen LogP contribution in [-0.4, -0.2) is 29.7 Å². The van der Waals surface area contributed by atoms with Crippen LogP contribution in [0.2, 0.25) is 0 Å². The third-order valence-electron chi connectivity index (χ3n) is 3.92. The van der Waals surface area contributed by atoms with E-state index in [1.54, 1.807) is 0 Å². The van der Waals surface area contributed by atoms with Gasteiger partial charge in [0.2, 0.25) is 0 Å². The van der Waals surface area contributed by atoms with Crippen molar-refractivity contribution in [1.82, 2.24) is 10.6 Å². The summed E-state index contributed by atoms with van der Waals surface area (Å²) >= 11 is 0. The van der Waals surface area contributed by atoms with Crippen LogP contribution < -0.4 is 10.6 Å². The molecule has 2 atom stereocenters. The molecule has 0 aromatic rings. The van der Waals surface area contributed by atoms with E-state index < -0.39 is 5.97 Å². The molecule has 0 spiro atoms. The number of carbonyl (C=O) groups excluding carboxylic acids is 1. The number of urea groups is 1. The van der Waals surface area contributed by atoms with Crippen molar-refractivity contribution in [3.8, 4) is 0 Å². The normalized spacial score (nSPS) is 17.3. The molecule has 1 aliphatic carbocycles. The highest BCUT2D eigenvalue weighted by Gasteiger charge is 2.25. The highest BCUT2D eigenvalue weighted by molar-refractivity contribution is 5.74. The lowest BCUT2D eigenvalue weighted by molar-refractivity contribution is -0.137. The molecule has 0 aromatic heterocycles. The van der Waals surface area contributed by atoms with Crippen molar-refractivity contribution in [3.63, 3.8) is 0 Å². The van der Waals surface area contributed by atoms with E-state index in [0.717, 1.165) is 25.2 Å². The Balaban J connectivity index is 2.07. The Morgan fingerprint density at radius 2 is 2.00 bits per heavy atom. The quantitative estimate of drug-likeness (QED) is 0.577. The van der Waals surface area contributed by atoms with E-state index in [0.29, 0.717) is 18.9 Å². The molecule has 5 nitrogen and oxygen atoms in total. The van der Waals surface area contributed by atoms with E-state index >= 15 is 0 Å². The minimum Gasteiger partial charge on any atom is -0.481 e. The van der Waals surface area contributed by atoms with Gasteiger partial charge in [-0.1, -0.05) is 26.7 Å². The molecule has 1 aliphatic rings. The summed E-state index contributed by atoms with van der Waals surface area (Å²) in [5, 5.41) is 14.5. The SMILES string of the molecule is CCC(CC1CC1)NC(=O)NCCC(C)CCC(=O)O. The topological polar surface area (TPSA) is 78.4 Å². The van der Waals surface area contributed by atoms with Gasteiger partial charge >= 0.3 is 12.0 Å². The van der Waals surface area contributed by atoms with Crippen molar-refractivity contribution in [2.75, 3.05) is 6.54 Å². The first kappa shape index (κ1) is 16.8. The molecule has 116 valence electrons. The van der Waals surface area contributed by atoms with E-state index in [4.69, 9.17) is 5.11 Å². The second-order valence-electron chi connectivity index (χ2n) is 6.01. The number of carboxylic acid groups (broad SMARTS) is 1. The summed E-state index contributed by atoms with van der Waals surface area (Å²) in [4.78, 5) is 22.2. The van der Waals surface area contributed by atoms with Crippen molar-refractivity contribution < 1.29 is 14.7 Å². The molecule has 0 radical (unpaired) electrons. The molecule has 20 heavy (non-hydrogen) atoms. The molecule has 0 bridgehead atoms. The second kappa shape index (κ2) is 8.82. The molecule has 0 aliphatic heterocycles. The van der Waals surface area contributed by atoms with Crippen molar-refractivity contribution in [2.45, 2.75) is 64.8 Å². The van der Waals surface area contributed by atoms with Crippen molar-refractivity contribution >= 4 is 12.0 Å². The Morgan fingerprint density at radius 3 is 2.55 bits per heavy atom. The van der Waals surface area contributed by atoms with Crippen LogP contribution in [0.25, 0.3) is 0 Å². The number of carboxylic acids is 1. The summed E-state index contributed by atoms with van der Waals surface area (Å²) in [6.45, 7) is 4.72. The molecular formula is C15H28N2O3. The summed E-state index contributed by atoms with van der Waals surface area (Å²) in [6, 6.07) is 0.190. The Kier molecular flexibility index (Phi) is 7.41. The van der Waals surface area contributed by atoms with Crippen molar-refractivity contribution in [1.29, 1.82) is 0 Å². The minimum absolute atomic E-state index is 0.0945. The first-order valence-corrected chi connectivity index (χ1v) is 7.77. The minimum atomic E-state index is -0.756. The van der Waals surface area contributed by atoms with E-state index in [2.05, 4.69) is 17.6 Å². The summed E-state index contributed by atoms with van der Waals surface area (Å²) in [5.41, 5.74) is 0. The molecule has 2 amide bonds. The van der Waals surface area contributed by atoms with Crippen LogP contribution in [0.1, 0.15) is 58.8 Å². The molecule has 2 unspecified atom stereocenters. The smallest absolute Gasteiger partial charge is 0.315 e. The van der Waals surface area contributed by atoms with Gasteiger partial charge in [0.05, 0.1) is 0 Å². The average molecular weight is 284 g/mol. The summed E-state index contributed by atoms with van der Waals surface area (Å²) in [7, 11) is 0. The van der Waals surface area contributed by atoms with E-state index in [-0.39, 0.29) is 18.5 Å². The highest BCUT2D eigenvalue weighted by Crippen LogP contribution is 2.33. The van der Waals surface area contributed by atoms with E-state index in [1.807, 2.05) is 6.92 Å². The summed E-state index contributed by atoms with van der Waals surface area (Å²) in [5.74, 6) is 0.379. The maximum absolute atomic E-state index is 11.7. The van der Waals surface area contributed by atoms with Gasteiger partial charge in [0, 0.05) is 19.0 Å².